The summed E-state index contributed by atoms with van der Waals surface area (Å²) >= 11 is 0. The van der Waals surface area contributed by atoms with Gasteiger partial charge in [-0.1, -0.05) is 6.07 Å². The predicted molar refractivity (Wildman–Crippen MR) is 78.3 cm³/mol. The number of alkyl halides is 2. The molecular weight excluding hydrogens is 343 g/mol. The van der Waals surface area contributed by atoms with E-state index in [0.717, 1.165) is 19.2 Å². The van der Waals surface area contributed by atoms with E-state index in [2.05, 4.69) is 19.5 Å². The predicted octanol–water partition coefficient (Wildman–Crippen LogP) is 3.19. The van der Waals surface area contributed by atoms with E-state index in [1.807, 2.05) is 0 Å². The minimum atomic E-state index is -3.81. The summed E-state index contributed by atoms with van der Waals surface area (Å²) in [7, 11) is 1.09. The first-order chi connectivity index (χ1) is 11.8. The average molecular weight is 353 g/mol. The first-order valence-electron chi connectivity index (χ1n) is 6.89. The van der Waals surface area contributed by atoms with Crippen molar-refractivity contribution in [2.24, 2.45) is 0 Å². The van der Waals surface area contributed by atoms with Gasteiger partial charge in [0.2, 0.25) is 0 Å². The lowest BCUT2D eigenvalue weighted by Crippen LogP contribution is -2.25. The molecule has 25 heavy (non-hydrogen) atoms. The van der Waals surface area contributed by atoms with Crippen LogP contribution in [0.2, 0.25) is 0 Å². The number of nitrogens with one attached hydrogen (secondary N) is 1. The van der Waals surface area contributed by atoms with Crippen molar-refractivity contribution in [3.8, 4) is 11.5 Å². The minimum Gasteiger partial charge on any atom is -0.465 e. The van der Waals surface area contributed by atoms with Crippen LogP contribution in [0.1, 0.15) is 20.7 Å². The Kier molecular flexibility index (Phi) is 3.99. The molecule has 1 heterocycles. The third-order valence-corrected chi connectivity index (χ3v) is 3.32. The largest absolute Gasteiger partial charge is 0.586 e. The third kappa shape index (κ3) is 3.21. The highest BCUT2D eigenvalue weighted by molar-refractivity contribution is 6.05. The minimum absolute atomic E-state index is 0.0667. The molecule has 130 valence electrons. The van der Waals surface area contributed by atoms with E-state index in [1.54, 1.807) is 0 Å². The number of esters is 1. The number of carbonyl (C=O) groups excluding carboxylic acids is 2. The Hall–Kier alpha value is -3.23. The highest BCUT2D eigenvalue weighted by Gasteiger charge is 2.43. The zero-order valence-corrected chi connectivity index (χ0v) is 12.6. The summed E-state index contributed by atoms with van der Waals surface area (Å²) in [5.41, 5.74) is -0.690. The van der Waals surface area contributed by atoms with Gasteiger partial charge in [0, 0.05) is 5.56 Å². The Morgan fingerprint density at radius 1 is 1.12 bits per heavy atom. The van der Waals surface area contributed by atoms with Gasteiger partial charge in [0.15, 0.2) is 17.3 Å². The number of amides is 1. The molecule has 1 aliphatic rings. The molecule has 9 heteroatoms. The van der Waals surface area contributed by atoms with Gasteiger partial charge in [-0.25, -0.2) is 9.18 Å². The average Bonchev–Trinajstić information content (AvgIpc) is 2.88. The Bertz CT molecular complexity index is 869. The van der Waals surface area contributed by atoms with Crippen LogP contribution < -0.4 is 14.8 Å². The summed E-state index contributed by atoms with van der Waals surface area (Å²) in [5, 5.41) is 2.25. The number of rotatable bonds is 3. The molecule has 0 bridgehead atoms. The molecule has 0 fully saturated rings. The van der Waals surface area contributed by atoms with Crippen LogP contribution in [0.25, 0.3) is 0 Å². The summed E-state index contributed by atoms with van der Waals surface area (Å²) in [5.74, 6) is -3.21. The van der Waals surface area contributed by atoms with Crippen LogP contribution in [0, 0.1) is 5.82 Å². The van der Waals surface area contributed by atoms with E-state index < -0.39 is 24.0 Å². The van der Waals surface area contributed by atoms with E-state index in [1.165, 1.54) is 24.3 Å². The Labute approximate surface area is 139 Å². The third-order valence-electron chi connectivity index (χ3n) is 3.32. The number of methoxy groups -OCH3 is 1. The monoisotopic (exact) mass is 353 g/mol. The zero-order chi connectivity index (χ0) is 18.2. The maximum Gasteiger partial charge on any atom is 0.586 e. The summed E-state index contributed by atoms with van der Waals surface area (Å²) in [6.07, 6.45) is -3.81. The molecule has 1 amide bonds. The number of halogens is 3. The number of ether oxygens (including phenoxy) is 3. The second-order valence-electron chi connectivity index (χ2n) is 4.94. The molecule has 0 spiro atoms. The molecule has 0 saturated carbocycles. The normalized spacial score (nSPS) is 14.1. The maximum atomic E-state index is 14.2. The second kappa shape index (κ2) is 6.00. The zero-order valence-electron chi connectivity index (χ0n) is 12.6. The van der Waals surface area contributed by atoms with Gasteiger partial charge in [0.1, 0.15) is 0 Å². The Balaban J connectivity index is 1.84. The van der Waals surface area contributed by atoms with Gasteiger partial charge >= 0.3 is 12.3 Å². The molecule has 2 aromatic rings. The number of fused-ring (bicyclic) bond motifs is 1. The fourth-order valence-electron chi connectivity index (χ4n) is 2.18. The van der Waals surface area contributed by atoms with Crippen LogP contribution in [-0.2, 0) is 4.74 Å². The van der Waals surface area contributed by atoms with E-state index in [4.69, 9.17) is 0 Å². The van der Waals surface area contributed by atoms with Crippen molar-refractivity contribution in [1.82, 2.24) is 0 Å². The number of benzene rings is 2. The molecule has 0 unspecified atom stereocenters. The fraction of sp³-hybridized carbons (Fsp3) is 0.125. The highest BCUT2D eigenvalue weighted by Crippen LogP contribution is 2.41. The molecule has 1 aliphatic heterocycles. The van der Waals surface area contributed by atoms with Crippen molar-refractivity contribution in [2.75, 3.05) is 12.4 Å². The lowest BCUT2D eigenvalue weighted by atomic mass is 10.1. The summed E-state index contributed by atoms with van der Waals surface area (Å²) in [4.78, 5) is 23.7. The van der Waals surface area contributed by atoms with E-state index >= 15 is 0 Å². The van der Waals surface area contributed by atoms with E-state index in [9.17, 15) is 22.8 Å². The molecule has 0 saturated heterocycles. The van der Waals surface area contributed by atoms with Gasteiger partial charge in [-0.15, -0.1) is 8.78 Å². The van der Waals surface area contributed by atoms with Gasteiger partial charge in [0.05, 0.1) is 18.4 Å². The second-order valence-corrected chi connectivity index (χ2v) is 4.94. The molecule has 0 aliphatic carbocycles. The molecule has 0 radical (unpaired) electrons. The van der Waals surface area contributed by atoms with Crippen molar-refractivity contribution < 1.29 is 37.0 Å². The number of hydrogen-bond acceptors (Lipinski definition) is 5. The van der Waals surface area contributed by atoms with E-state index in [-0.39, 0.29) is 28.3 Å². The smallest absolute Gasteiger partial charge is 0.465 e. The van der Waals surface area contributed by atoms with Gasteiger partial charge in [-0.2, -0.15) is 0 Å². The van der Waals surface area contributed by atoms with Gasteiger partial charge in [-0.05, 0) is 30.3 Å². The number of hydrogen-bond donors (Lipinski definition) is 1. The highest BCUT2D eigenvalue weighted by atomic mass is 19.3. The standard InChI is InChI=1S/C16H10F3NO5/c1-23-15(22)9-3-2-4-10(13(9)17)20-14(21)8-5-6-11-12(7-8)25-16(18,19)24-11/h2-7H,1H3,(H,20,21). The summed E-state index contributed by atoms with van der Waals surface area (Å²) in [6.45, 7) is 0. The van der Waals surface area contributed by atoms with Crippen molar-refractivity contribution in [3.63, 3.8) is 0 Å². The van der Waals surface area contributed by atoms with Crippen molar-refractivity contribution in [3.05, 3.63) is 53.3 Å². The van der Waals surface area contributed by atoms with Crippen LogP contribution >= 0.6 is 0 Å². The van der Waals surface area contributed by atoms with Crippen LogP contribution in [0.3, 0.4) is 0 Å². The first kappa shape index (κ1) is 16.6. The van der Waals surface area contributed by atoms with Crippen molar-refractivity contribution >= 4 is 17.6 Å². The van der Waals surface area contributed by atoms with Gasteiger partial charge in [-0.3, -0.25) is 4.79 Å². The van der Waals surface area contributed by atoms with Gasteiger partial charge in [0.25, 0.3) is 5.91 Å². The molecule has 1 N–H and O–H groups in total. The SMILES string of the molecule is COC(=O)c1cccc(NC(=O)c2ccc3c(c2)OC(F)(F)O3)c1F. The van der Waals surface area contributed by atoms with Crippen molar-refractivity contribution in [1.29, 1.82) is 0 Å². The molecular formula is C16H10F3NO5. The van der Waals surface area contributed by atoms with Crippen LogP contribution in [0.15, 0.2) is 36.4 Å². The van der Waals surface area contributed by atoms with Crippen LogP contribution in [-0.4, -0.2) is 25.3 Å². The first-order valence-corrected chi connectivity index (χ1v) is 6.89. The quantitative estimate of drug-likeness (QED) is 0.858. The maximum absolute atomic E-state index is 14.2. The Morgan fingerprint density at radius 2 is 1.84 bits per heavy atom. The van der Waals surface area contributed by atoms with E-state index in [0.29, 0.717) is 0 Å². The molecule has 0 aromatic heterocycles. The molecule has 6 nitrogen and oxygen atoms in total. The lowest BCUT2D eigenvalue weighted by molar-refractivity contribution is -0.286. The number of carbonyl (C=O) groups is 2. The molecule has 3 rings (SSSR count). The fourth-order valence-corrected chi connectivity index (χ4v) is 2.18. The van der Waals surface area contributed by atoms with Crippen LogP contribution in [0.4, 0.5) is 18.9 Å². The lowest BCUT2D eigenvalue weighted by Gasteiger charge is -2.09. The Morgan fingerprint density at radius 3 is 2.56 bits per heavy atom. The summed E-state index contributed by atoms with van der Waals surface area (Å²) < 4.78 is 53.1. The molecule has 0 atom stereocenters. The van der Waals surface area contributed by atoms with Crippen LogP contribution in [0.5, 0.6) is 11.5 Å². The topological polar surface area (TPSA) is 73.9 Å². The molecule has 2 aromatic carbocycles. The van der Waals surface area contributed by atoms with Crippen molar-refractivity contribution in [2.45, 2.75) is 6.29 Å². The van der Waals surface area contributed by atoms with Gasteiger partial charge < -0.3 is 19.5 Å². The number of anilines is 1. The summed E-state index contributed by atoms with van der Waals surface area (Å²) in [6, 6.07) is 7.16.